The highest BCUT2D eigenvalue weighted by atomic mass is 32.2. The quantitative estimate of drug-likeness (QED) is 0.884. The zero-order chi connectivity index (χ0) is 12.3. The van der Waals surface area contributed by atoms with Crippen molar-refractivity contribution in [1.82, 2.24) is 0 Å². The summed E-state index contributed by atoms with van der Waals surface area (Å²) in [6.07, 6.45) is 0.992. The molecule has 1 heterocycles. The fourth-order valence-corrected chi connectivity index (χ4v) is 3.56. The largest absolute Gasteiger partial charge is 0.381 e. The van der Waals surface area contributed by atoms with Crippen LogP contribution in [0.25, 0.3) is 0 Å². The van der Waals surface area contributed by atoms with Gasteiger partial charge in [-0.3, -0.25) is 4.21 Å². The van der Waals surface area contributed by atoms with Crippen molar-refractivity contribution in [2.24, 2.45) is 11.7 Å². The number of nitrogens with two attached hydrogens (primary N) is 1. The molecule has 0 radical (unpaired) electrons. The van der Waals surface area contributed by atoms with Crippen molar-refractivity contribution < 1.29 is 8.95 Å². The van der Waals surface area contributed by atoms with Gasteiger partial charge in [-0.1, -0.05) is 18.2 Å². The lowest BCUT2D eigenvalue weighted by atomic mass is 10.0. The molecule has 4 heteroatoms. The van der Waals surface area contributed by atoms with Gasteiger partial charge in [0, 0.05) is 29.2 Å². The lowest BCUT2D eigenvalue weighted by molar-refractivity contribution is 0.182. The summed E-state index contributed by atoms with van der Waals surface area (Å²) >= 11 is 0. The molecule has 0 bridgehead atoms. The maximum absolute atomic E-state index is 12.2. The third kappa shape index (κ3) is 3.15. The van der Waals surface area contributed by atoms with Crippen LogP contribution in [-0.4, -0.2) is 29.2 Å². The van der Waals surface area contributed by atoms with Crippen LogP contribution in [-0.2, 0) is 15.5 Å². The molecule has 3 atom stereocenters. The Balaban J connectivity index is 1.99. The Morgan fingerprint density at radius 2 is 2.29 bits per heavy atom. The molecule has 2 rings (SSSR count). The third-order valence-corrected chi connectivity index (χ3v) is 4.89. The lowest BCUT2D eigenvalue weighted by Crippen LogP contribution is -2.35. The molecule has 0 saturated carbocycles. The second-order valence-corrected chi connectivity index (χ2v) is 6.03. The normalized spacial score (nSPS) is 23.5. The predicted octanol–water partition coefficient (Wildman–Crippen LogP) is 1.47. The average molecular weight is 253 g/mol. The van der Waals surface area contributed by atoms with Gasteiger partial charge in [-0.25, -0.2) is 0 Å². The Bertz CT molecular complexity index is 402. The second kappa shape index (κ2) is 5.76. The van der Waals surface area contributed by atoms with Gasteiger partial charge in [0.05, 0.1) is 17.4 Å². The molecule has 1 aromatic rings. The van der Waals surface area contributed by atoms with Crippen LogP contribution < -0.4 is 5.73 Å². The minimum atomic E-state index is -1.00. The average Bonchev–Trinajstić information content (AvgIpc) is 2.82. The van der Waals surface area contributed by atoms with E-state index in [1.165, 1.54) is 0 Å². The standard InChI is InChI=1S/C13H19NO2S/c1-10-4-2-3-5-13(10)17(15)9-12(14)11-6-7-16-8-11/h2-5,11-12H,6-9,14H2,1H3. The summed E-state index contributed by atoms with van der Waals surface area (Å²) in [5.41, 5.74) is 7.16. The summed E-state index contributed by atoms with van der Waals surface area (Å²) in [6.45, 7) is 3.49. The van der Waals surface area contributed by atoms with E-state index in [1.807, 2.05) is 31.2 Å². The van der Waals surface area contributed by atoms with Crippen LogP contribution in [0.4, 0.5) is 0 Å². The Labute approximate surface area is 105 Å². The minimum absolute atomic E-state index is 0.0297. The zero-order valence-corrected chi connectivity index (χ0v) is 10.9. The Morgan fingerprint density at radius 3 is 2.94 bits per heavy atom. The topological polar surface area (TPSA) is 52.3 Å². The zero-order valence-electron chi connectivity index (χ0n) is 10.1. The van der Waals surface area contributed by atoms with E-state index in [0.29, 0.717) is 18.3 Å². The number of benzene rings is 1. The van der Waals surface area contributed by atoms with Crippen molar-refractivity contribution in [3.8, 4) is 0 Å². The first kappa shape index (κ1) is 12.7. The number of hydrogen-bond donors (Lipinski definition) is 1. The van der Waals surface area contributed by atoms with Gasteiger partial charge in [-0.15, -0.1) is 0 Å². The summed E-state index contributed by atoms with van der Waals surface area (Å²) in [5, 5.41) is 0. The van der Waals surface area contributed by atoms with Crippen molar-refractivity contribution in [2.75, 3.05) is 19.0 Å². The van der Waals surface area contributed by atoms with Crippen molar-refractivity contribution in [2.45, 2.75) is 24.3 Å². The predicted molar refractivity (Wildman–Crippen MR) is 69.4 cm³/mol. The van der Waals surface area contributed by atoms with Crippen LogP contribution in [0.1, 0.15) is 12.0 Å². The van der Waals surface area contributed by atoms with E-state index >= 15 is 0 Å². The maximum Gasteiger partial charge on any atom is 0.0548 e. The first-order chi connectivity index (χ1) is 8.18. The molecular formula is C13H19NO2S. The van der Waals surface area contributed by atoms with Crippen molar-refractivity contribution in [3.63, 3.8) is 0 Å². The van der Waals surface area contributed by atoms with Gasteiger partial charge in [-0.05, 0) is 25.0 Å². The van der Waals surface area contributed by atoms with E-state index in [-0.39, 0.29) is 6.04 Å². The molecule has 2 N–H and O–H groups in total. The molecule has 17 heavy (non-hydrogen) atoms. The fourth-order valence-electron chi connectivity index (χ4n) is 2.10. The molecule has 3 unspecified atom stereocenters. The van der Waals surface area contributed by atoms with Gasteiger partial charge in [0.25, 0.3) is 0 Å². The molecule has 1 saturated heterocycles. The summed E-state index contributed by atoms with van der Waals surface area (Å²) < 4.78 is 17.5. The van der Waals surface area contributed by atoms with Crippen molar-refractivity contribution in [3.05, 3.63) is 29.8 Å². The van der Waals surface area contributed by atoms with Gasteiger partial charge < -0.3 is 10.5 Å². The summed E-state index contributed by atoms with van der Waals surface area (Å²) in [4.78, 5) is 0.905. The maximum atomic E-state index is 12.2. The monoisotopic (exact) mass is 253 g/mol. The Morgan fingerprint density at radius 1 is 1.53 bits per heavy atom. The molecule has 0 aromatic heterocycles. The number of rotatable bonds is 4. The van der Waals surface area contributed by atoms with E-state index in [0.717, 1.165) is 23.5 Å². The van der Waals surface area contributed by atoms with Crippen molar-refractivity contribution >= 4 is 10.8 Å². The summed E-state index contributed by atoms with van der Waals surface area (Å²) in [7, 11) is -1.00. The molecule has 0 amide bonds. The SMILES string of the molecule is Cc1ccccc1S(=O)CC(N)C1CCOC1. The second-order valence-electron chi connectivity index (χ2n) is 4.57. The highest BCUT2D eigenvalue weighted by molar-refractivity contribution is 7.85. The van der Waals surface area contributed by atoms with Gasteiger partial charge in [-0.2, -0.15) is 0 Å². The van der Waals surface area contributed by atoms with Crippen LogP contribution in [0.15, 0.2) is 29.2 Å². The fraction of sp³-hybridized carbons (Fsp3) is 0.538. The number of aryl methyl sites for hydroxylation is 1. The van der Waals surface area contributed by atoms with Crippen LogP contribution >= 0.6 is 0 Å². The van der Waals surface area contributed by atoms with E-state index in [2.05, 4.69) is 0 Å². The van der Waals surface area contributed by atoms with E-state index in [9.17, 15) is 4.21 Å². The Hall–Kier alpha value is -0.710. The summed E-state index contributed by atoms with van der Waals surface area (Å²) in [5.74, 6) is 0.891. The van der Waals surface area contributed by atoms with Crippen molar-refractivity contribution in [1.29, 1.82) is 0 Å². The molecular weight excluding hydrogens is 234 g/mol. The smallest absolute Gasteiger partial charge is 0.0548 e. The van der Waals surface area contributed by atoms with Gasteiger partial charge in [0.1, 0.15) is 0 Å². The van der Waals surface area contributed by atoms with Crippen LogP contribution in [0.2, 0.25) is 0 Å². The first-order valence-corrected chi connectivity index (χ1v) is 7.27. The van der Waals surface area contributed by atoms with Gasteiger partial charge >= 0.3 is 0 Å². The van der Waals surface area contributed by atoms with E-state index < -0.39 is 10.8 Å². The summed E-state index contributed by atoms with van der Waals surface area (Å²) in [6, 6.07) is 7.75. The van der Waals surface area contributed by atoms with Gasteiger partial charge in [0.15, 0.2) is 0 Å². The number of hydrogen-bond acceptors (Lipinski definition) is 3. The highest BCUT2D eigenvalue weighted by Gasteiger charge is 2.24. The highest BCUT2D eigenvalue weighted by Crippen LogP contribution is 2.19. The molecule has 1 fully saturated rings. The molecule has 1 aliphatic heterocycles. The molecule has 0 aliphatic carbocycles. The lowest BCUT2D eigenvalue weighted by Gasteiger charge is -2.17. The van der Waals surface area contributed by atoms with Crippen LogP contribution in [0.3, 0.4) is 0 Å². The van der Waals surface area contributed by atoms with E-state index in [1.54, 1.807) is 0 Å². The first-order valence-electron chi connectivity index (χ1n) is 5.96. The van der Waals surface area contributed by atoms with Crippen LogP contribution in [0.5, 0.6) is 0 Å². The molecule has 1 aliphatic rings. The van der Waals surface area contributed by atoms with E-state index in [4.69, 9.17) is 10.5 Å². The molecule has 0 spiro atoms. The Kier molecular flexibility index (Phi) is 4.31. The van der Waals surface area contributed by atoms with Gasteiger partial charge in [0.2, 0.25) is 0 Å². The molecule has 3 nitrogen and oxygen atoms in total. The molecule has 94 valence electrons. The minimum Gasteiger partial charge on any atom is -0.381 e. The number of ether oxygens (including phenoxy) is 1. The third-order valence-electron chi connectivity index (χ3n) is 3.25. The van der Waals surface area contributed by atoms with Crippen LogP contribution in [0, 0.1) is 12.8 Å². The molecule has 1 aromatic carbocycles.